The van der Waals surface area contributed by atoms with Crippen molar-refractivity contribution in [1.29, 1.82) is 0 Å². The molecule has 0 aliphatic rings. The first-order valence-electron chi connectivity index (χ1n) is 5.45. The average Bonchev–Trinajstić information content (AvgIpc) is 2.29. The Bertz CT molecular complexity index is 268. The molecule has 0 aliphatic carbocycles. The molecular weight excluding hydrogens is 208 g/mol. The molecule has 0 amide bonds. The second-order valence-corrected chi connectivity index (χ2v) is 4.31. The van der Waals surface area contributed by atoms with Gasteiger partial charge in [-0.25, -0.2) is 0 Å². The predicted octanol–water partition coefficient (Wildman–Crippen LogP) is 3.89. The van der Waals surface area contributed by atoms with Crippen molar-refractivity contribution < 1.29 is 4.74 Å². The summed E-state index contributed by atoms with van der Waals surface area (Å²) in [4.78, 5) is 0. The average molecular weight is 227 g/mol. The first-order chi connectivity index (χ1) is 7.26. The van der Waals surface area contributed by atoms with Crippen molar-refractivity contribution in [1.82, 2.24) is 0 Å². The molecule has 0 fully saturated rings. The summed E-state index contributed by atoms with van der Waals surface area (Å²) in [5.74, 6) is 2.32. The van der Waals surface area contributed by atoms with Gasteiger partial charge >= 0.3 is 0 Å². The highest BCUT2D eigenvalue weighted by Crippen LogP contribution is 2.15. The molecule has 1 atom stereocenters. The molecule has 15 heavy (non-hydrogen) atoms. The third-order valence-electron chi connectivity index (χ3n) is 2.58. The summed E-state index contributed by atoms with van der Waals surface area (Å²) >= 11 is 5.76. The topological polar surface area (TPSA) is 9.23 Å². The minimum Gasteiger partial charge on any atom is -0.497 e. The van der Waals surface area contributed by atoms with Crippen LogP contribution in [0.3, 0.4) is 0 Å². The van der Waals surface area contributed by atoms with Crippen molar-refractivity contribution in [2.24, 2.45) is 5.92 Å². The summed E-state index contributed by atoms with van der Waals surface area (Å²) in [6, 6.07) is 8.29. The van der Waals surface area contributed by atoms with Gasteiger partial charge in [-0.15, -0.1) is 11.6 Å². The van der Waals surface area contributed by atoms with Crippen LogP contribution in [-0.4, -0.2) is 13.0 Å². The Hall–Kier alpha value is -0.690. The van der Waals surface area contributed by atoms with Crippen LogP contribution in [0.15, 0.2) is 24.3 Å². The monoisotopic (exact) mass is 226 g/mol. The summed E-state index contributed by atoms with van der Waals surface area (Å²) in [5, 5.41) is 0. The van der Waals surface area contributed by atoms with Crippen LogP contribution in [0.4, 0.5) is 0 Å². The number of ether oxygens (including phenoxy) is 1. The van der Waals surface area contributed by atoms with Gasteiger partial charge in [-0.2, -0.15) is 0 Å². The zero-order chi connectivity index (χ0) is 11.1. The van der Waals surface area contributed by atoms with Crippen LogP contribution in [0.5, 0.6) is 5.75 Å². The molecule has 0 heterocycles. The summed E-state index contributed by atoms with van der Waals surface area (Å²) in [5.41, 5.74) is 1.37. The van der Waals surface area contributed by atoms with Crippen LogP contribution < -0.4 is 4.74 Å². The zero-order valence-electron chi connectivity index (χ0n) is 9.50. The van der Waals surface area contributed by atoms with Crippen LogP contribution in [-0.2, 0) is 6.42 Å². The highest BCUT2D eigenvalue weighted by molar-refractivity contribution is 6.18. The van der Waals surface area contributed by atoms with Crippen molar-refractivity contribution in [2.75, 3.05) is 13.0 Å². The summed E-state index contributed by atoms with van der Waals surface area (Å²) in [7, 11) is 1.69. The summed E-state index contributed by atoms with van der Waals surface area (Å²) < 4.78 is 5.11. The predicted molar refractivity (Wildman–Crippen MR) is 65.8 cm³/mol. The molecule has 0 N–H and O–H groups in total. The van der Waals surface area contributed by atoms with Crippen molar-refractivity contribution in [3.63, 3.8) is 0 Å². The SMILES string of the molecule is COc1ccc(CCCC(C)CCl)cc1. The van der Waals surface area contributed by atoms with E-state index in [1.165, 1.54) is 18.4 Å². The van der Waals surface area contributed by atoms with E-state index in [-0.39, 0.29) is 0 Å². The fourth-order valence-electron chi connectivity index (χ4n) is 1.52. The number of halogens is 1. The summed E-state index contributed by atoms with van der Waals surface area (Å²) in [6.45, 7) is 2.20. The Labute approximate surface area is 97.4 Å². The van der Waals surface area contributed by atoms with Gasteiger partial charge in [0.1, 0.15) is 5.75 Å². The van der Waals surface area contributed by atoms with Crippen molar-refractivity contribution in [3.8, 4) is 5.75 Å². The van der Waals surface area contributed by atoms with E-state index in [9.17, 15) is 0 Å². The van der Waals surface area contributed by atoms with Gasteiger partial charge in [0.15, 0.2) is 0 Å². The number of alkyl halides is 1. The Morgan fingerprint density at radius 1 is 1.27 bits per heavy atom. The minimum absolute atomic E-state index is 0.630. The minimum atomic E-state index is 0.630. The van der Waals surface area contributed by atoms with E-state index in [2.05, 4.69) is 19.1 Å². The third kappa shape index (κ3) is 4.57. The number of rotatable bonds is 6. The first kappa shape index (κ1) is 12.4. The second-order valence-electron chi connectivity index (χ2n) is 4.00. The lowest BCUT2D eigenvalue weighted by Gasteiger charge is -2.07. The molecule has 1 rings (SSSR count). The van der Waals surface area contributed by atoms with E-state index >= 15 is 0 Å². The Morgan fingerprint density at radius 3 is 2.47 bits per heavy atom. The number of hydrogen-bond acceptors (Lipinski definition) is 1. The van der Waals surface area contributed by atoms with Crippen LogP contribution in [0, 0.1) is 5.92 Å². The van der Waals surface area contributed by atoms with E-state index in [1.807, 2.05) is 12.1 Å². The molecule has 1 nitrogen and oxygen atoms in total. The van der Waals surface area contributed by atoms with Gasteiger partial charge in [-0.3, -0.25) is 0 Å². The van der Waals surface area contributed by atoms with Crippen LogP contribution in [0.25, 0.3) is 0 Å². The Morgan fingerprint density at radius 2 is 1.93 bits per heavy atom. The number of hydrogen-bond donors (Lipinski definition) is 0. The quantitative estimate of drug-likeness (QED) is 0.669. The molecular formula is C13H19ClO. The lowest BCUT2D eigenvalue weighted by Crippen LogP contribution is -1.97. The maximum absolute atomic E-state index is 5.76. The Kier molecular flexibility index (Phi) is 5.56. The standard InChI is InChI=1S/C13H19ClO/c1-11(10-14)4-3-5-12-6-8-13(15-2)9-7-12/h6-9,11H,3-5,10H2,1-2H3. The molecule has 1 aromatic carbocycles. The third-order valence-corrected chi connectivity index (χ3v) is 3.11. The normalized spacial score (nSPS) is 12.5. The number of benzene rings is 1. The number of methoxy groups -OCH3 is 1. The van der Waals surface area contributed by atoms with Crippen LogP contribution in [0.2, 0.25) is 0 Å². The molecule has 1 unspecified atom stereocenters. The van der Waals surface area contributed by atoms with Gasteiger partial charge in [0.05, 0.1) is 7.11 Å². The first-order valence-corrected chi connectivity index (χ1v) is 5.98. The van der Waals surface area contributed by atoms with E-state index in [1.54, 1.807) is 7.11 Å². The van der Waals surface area contributed by atoms with Crippen LogP contribution in [0.1, 0.15) is 25.3 Å². The van der Waals surface area contributed by atoms with E-state index in [0.717, 1.165) is 18.1 Å². The largest absolute Gasteiger partial charge is 0.497 e. The van der Waals surface area contributed by atoms with Gasteiger partial charge in [-0.05, 0) is 42.9 Å². The second kappa shape index (κ2) is 6.73. The molecule has 0 saturated heterocycles. The molecule has 0 aromatic heterocycles. The maximum Gasteiger partial charge on any atom is 0.118 e. The molecule has 0 aliphatic heterocycles. The van der Waals surface area contributed by atoms with Gasteiger partial charge in [0, 0.05) is 5.88 Å². The van der Waals surface area contributed by atoms with Crippen LogP contribution >= 0.6 is 11.6 Å². The Balaban J connectivity index is 2.31. The fraction of sp³-hybridized carbons (Fsp3) is 0.538. The highest BCUT2D eigenvalue weighted by Gasteiger charge is 2.00. The van der Waals surface area contributed by atoms with E-state index < -0.39 is 0 Å². The van der Waals surface area contributed by atoms with Crippen molar-refractivity contribution in [3.05, 3.63) is 29.8 Å². The van der Waals surface area contributed by atoms with Gasteiger partial charge in [-0.1, -0.05) is 19.1 Å². The van der Waals surface area contributed by atoms with E-state index in [0.29, 0.717) is 5.92 Å². The molecule has 0 radical (unpaired) electrons. The number of aryl methyl sites for hydroxylation is 1. The smallest absolute Gasteiger partial charge is 0.118 e. The summed E-state index contributed by atoms with van der Waals surface area (Å²) in [6.07, 6.45) is 3.54. The fourth-order valence-corrected chi connectivity index (χ4v) is 1.68. The molecule has 84 valence electrons. The van der Waals surface area contributed by atoms with Crippen molar-refractivity contribution in [2.45, 2.75) is 26.2 Å². The lowest BCUT2D eigenvalue weighted by atomic mass is 10.0. The van der Waals surface area contributed by atoms with E-state index in [4.69, 9.17) is 16.3 Å². The molecule has 1 aromatic rings. The maximum atomic E-state index is 5.76. The zero-order valence-corrected chi connectivity index (χ0v) is 10.3. The molecule has 2 heteroatoms. The molecule has 0 saturated carbocycles. The molecule has 0 bridgehead atoms. The molecule has 0 spiro atoms. The van der Waals surface area contributed by atoms with Gasteiger partial charge in [0.2, 0.25) is 0 Å². The van der Waals surface area contributed by atoms with Gasteiger partial charge in [0.25, 0.3) is 0 Å². The lowest BCUT2D eigenvalue weighted by molar-refractivity contribution is 0.414. The van der Waals surface area contributed by atoms with Gasteiger partial charge < -0.3 is 4.74 Å². The van der Waals surface area contributed by atoms with Crippen molar-refractivity contribution >= 4 is 11.6 Å². The highest BCUT2D eigenvalue weighted by atomic mass is 35.5.